The minimum atomic E-state index is -4.58. The molecule has 20 heavy (non-hydrogen) atoms. The summed E-state index contributed by atoms with van der Waals surface area (Å²) in [6.45, 7) is 1.52. The normalized spacial score (nSPS) is 23.2. The highest BCUT2D eigenvalue weighted by Gasteiger charge is 2.33. The first kappa shape index (κ1) is 15.2. The first-order valence-electron chi connectivity index (χ1n) is 6.33. The number of β-amino-alcohol motifs (C(OH)–C–C–N with tert-alkyl or cyclic N) is 1. The lowest BCUT2D eigenvalue weighted by atomic mass is 10.0. The molecule has 1 aromatic rings. The minimum Gasteiger partial charge on any atom is -0.391 e. The Balaban J connectivity index is 1.99. The maximum absolute atomic E-state index is 12.9. The van der Waals surface area contributed by atoms with Gasteiger partial charge in [0.15, 0.2) is 0 Å². The van der Waals surface area contributed by atoms with Crippen LogP contribution in [0.5, 0.6) is 0 Å². The zero-order valence-electron chi connectivity index (χ0n) is 10.7. The van der Waals surface area contributed by atoms with Crippen LogP contribution in [0.3, 0.4) is 0 Å². The van der Waals surface area contributed by atoms with Crippen LogP contribution in [0.1, 0.15) is 11.1 Å². The smallest absolute Gasteiger partial charge is 0.391 e. The maximum Gasteiger partial charge on any atom is 0.416 e. The fourth-order valence-electron chi connectivity index (χ4n) is 2.29. The topological polar surface area (TPSA) is 44.3 Å². The molecule has 2 unspecified atom stereocenters. The highest BCUT2D eigenvalue weighted by molar-refractivity contribution is 5.30. The maximum atomic E-state index is 12.9. The van der Waals surface area contributed by atoms with Gasteiger partial charge < -0.3 is 15.7 Å². The summed E-state index contributed by atoms with van der Waals surface area (Å²) in [6.07, 6.45) is -5.06. The molecule has 0 aliphatic carbocycles. The average molecular weight is 292 g/mol. The Bertz CT molecular complexity index is 464. The SMILES string of the molecule is OC1CNCC1CNCc1ccc(F)cc1C(F)(F)F. The lowest BCUT2D eigenvalue weighted by Crippen LogP contribution is -2.30. The Morgan fingerprint density at radius 1 is 1.30 bits per heavy atom. The lowest BCUT2D eigenvalue weighted by Gasteiger charge is -2.16. The third-order valence-corrected chi connectivity index (χ3v) is 3.40. The summed E-state index contributed by atoms with van der Waals surface area (Å²) in [4.78, 5) is 0. The van der Waals surface area contributed by atoms with E-state index in [0.717, 1.165) is 12.1 Å². The highest BCUT2D eigenvalue weighted by atomic mass is 19.4. The fraction of sp³-hybridized carbons (Fsp3) is 0.538. The molecule has 3 N–H and O–H groups in total. The number of benzene rings is 1. The van der Waals surface area contributed by atoms with Crippen molar-refractivity contribution in [1.82, 2.24) is 10.6 Å². The van der Waals surface area contributed by atoms with Gasteiger partial charge in [0.25, 0.3) is 0 Å². The third kappa shape index (κ3) is 3.68. The van der Waals surface area contributed by atoms with Crippen LogP contribution in [-0.4, -0.2) is 30.8 Å². The molecule has 1 fully saturated rings. The quantitative estimate of drug-likeness (QED) is 0.737. The van der Waals surface area contributed by atoms with E-state index in [4.69, 9.17) is 0 Å². The Hall–Kier alpha value is -1.18. The number of hydrogen-bond donors (Lipinski definition) is 3. The molecule has 1 aliphatic rings. The van der Waals surface area contributed by atoms with Crippen molar-refractivity contribution in [2.24, 2.45) is 5.92 Å². The molecule has 0 bridgehead atoms. The summed E-state index contributed by atoms with van der Waals surface area (Å²) in [5.41, 5.74) is -0.963. The van der Waals surface area contributed by atoms with Crippen molar-refractivity contribution < 1.29 is 22.7 Å². The van der Waals surface area contributed by atoms with Crippen LogP contribution in [0.25, 0.3) is 0 Å². The van der Waals surface area contributed by atoms with E-state index in [1.54, 1.807) is 0 Å². The van der Waals surface area contributed by atoms with E-state index in [0.29, 0.717) is 25.7 Å². The van der Waals surface area contributed by atoms with Gasteiger partial charge in [0.2, 0.25) is 0 Å². The second-order valence-corrected chi connectivity index (χ2v) is 4.92. The second kappa shape index (κ2) is 6.07. The van der Waals surface area contributed by atoms with Crippen LogP contribution in [0.4, 0.5) is 17.6 Å². The van der Waals surface area contributed by atoms with Crippen molar-refractivity contribution in [3.05, 3.63) is 35.1 Å². The van der Waals surface area contributed by atoms with E-state index in [1.807, 2.05) is 0 Å². The van der Waals surface area contributed by atoms with E-state index < -0.39 is 23.7 Å². The third-order valence-electron chi connectivity index (χ3n) is 3.40. The average Bonchev–Trinajstić information content (AvgIpc) is 2.76. The van der Waals surface area contributed by atoms with Crippen molar-refractivity contribution in [1.29, 1.82) is 0 Å². The molecular formula is C13H16F4N2O. The summed E-state index contributed by atoms with van der Waals surface area (Å²) in [5.74, 6) is -0.929. The lowest BCUT2D eigenvalue weighted by molar-refractivity contribution is -0.138. The van der Waals surface area contributed by atoms with Gasteiger partial charge in [-0.3, -0.25) is 0 Å². The number of halogens is 4. The van der Waals surface area contributed by atoms with Crippen molar-refractivity contribution in [3.63, 3.8) is 0 Å². The molecule has 112 valence electrons. The minimum absolute atomic E-state index is 0.000606. The van der Waals surface area contributed by atoms with Gasteiger partial charge in [0.05, 0.1) is 11.7 Å². The molecule has 0 aromatic heterocycles. The summed E-state index contributed by atoms with van der Waals surface area (Å²) < 4.78 is 51.3. The molecular weight excluding hydrogens is 276 g/mol. The van der Waals surface area contributed by atoms with Gasteiger partial charge in [0, 0.05) is 32.1 Å². The molecule has 1 saturated heterocycles. The Morgan fingerprint density at radius 3 is 2.65 bits per heavy atom. The van der Waals surface area contributed by atoms with Crippen molar-refractivity contribution in [2.75, 3.05) is 19.6 Å². The molecule has 2 atom stereocenters. The van der Waals surface area contributed by atoms with E-state index in [9.17, 15) is 22.7 Å². The van der Waals surface area contributed by atoms with Crippen molar-refractivity contribution in [3.8, 4) is 0 Å². The van der Waals surface area contributed by atoms with Crippen molar-refractivity contribution >= 4 is 0 Å². The monoisotopic (exact) mass is 292 g/mol. The van der Waals surface area contributed by atoms with Crippen LogP contribution < -0.4 is 10.6 Å². The zero-order chi connectivity index (χ0) is 14.8. The van der Waals surface area contributed by atoms with Crippen LogP contribution >= 0.6 is 0 Å². The molecule has 0 saturated carbocycles. The molecule has 1 aromatic carbocycles. The van der Waals surface area contributed by atoms with Gasteiger partial charge in [0.1, 0.15) is 5.82 Å². The Labute approximate surface area is 114 Å². The van der Waals surface area contributed by atoms with Gasteiger partial charge >= 0.3 is 6.18 Å². The van der Waals surface area contributed by atoms with Gasteiger partial charge in [-0.25, -0.2) is 4.39 Å². The second-order valence-electron chi connectivity index (χ2n) is 4.92. The predicted octanol–water partition coefficient (Wildman–Crippen LogP) is 1.51. The molecule has 2 rings (SSSR count). The molecule has 0 amide bonds. The standard InChI is InChI=1S/C13H16F4N2O/c14-10-2-1-8(11(3-10)13(15,16)17)4-18-5-9-6-19-7-12(9)20/h1-3,9,12,18-20H,4-7H2. The summed E-state index contributed by atoms with van der Waals surface area (Å²) >= 11 is 0. The number of nitrogens with one attached hydrogen (secondary N) is 2. The Morgan fingerprint density at radius 2 is 2.05 bits per heavy atom. The number of rotatable bonds is 4. The van der Waals surface area contributed by atoms with Gasteiger partial charge in [-0.05, 0) is 17.7 Å². The van der Waals surface area contributed by atoms with Crippen LogP contribution in [0.15, 0.2) is 18.2 Å². The molecule has 7 heteroatoms. The number of hydrogen-bond acceptors (Lipinski definition) is 3. The zero-order valence-corrected chi connectivity index (χ0v) is 10.7. The predicted molar refractivity (Wildman–Crippen MR) is 65.5 cm³/mol. The van der Waals surface area contributed by atoms with Crippen LogP contribution in [-0.2, 0) is 12.7 Å². The van der Waals surface area contributed by atoms with E-state index in [2.05, 4.69) is 10.6 Å². The molecule has 3 nitrogen and oxygen atoms in total. The molecule has 0 spiro atoms. The number of alkyl halides is 3. The Kier molecular flexibility index (Phi) is 4.62. The largest absolute Gasteiger partial charge is 0.416 e. The molecule has 1 heterocycles. The van der Waals surface area contributed by atoms with Crippen LogP contribution in [0.2, 0.25) is 0 Å². The first-order chi connectivity index (χ1) is 9.38. The van der Waals surface area contributed by atoms with Gasteiger partial charge in [-0.2, -0.15) is 13.2 Å². The van der Waals surface area contributed by atoms with E-state index >= 15 is 0 Å². The fourth-order valence-corrected chi connectivity index (χ4v) is 2.29. The molecule has 0 radical (unpaired) electrons. The van der Waals surface area contributed by atoms with E-state index in [1.165, 1.54) is 0 Å². The summed E-state index contributed by atoms with van der Waals surface area (Å²) in [7, 11) is 0. The summed E-state index contributed by atoms with van der Waals surface area (Å²) in [5, 5.41) is 15.5. The van der Waals surface area contributed by atoms with Crippen LogP contribution in [0, 0.1) is 11.7 Å². The summed E-state index contributed by atoms with van der Waals surface area (Å²) in [6, 6.07) is 2.65. The molecule has 1 aliphatic heterocycles. The van der Waals surface area contributed by atoms with Gasteiger partial charge in [-0.15, -0.1) is 0 Å². The first-order valence-corrected chi connectivity index (χ1v) is 6.33. The van der Waals surface area contributed by atoms with E-state index in [-0.39, 0.29) is 18.0 Å². The highest BCUT2D eigenvalue weighted by Crippen LogP contribution is 2.32. The van der Waals surface area contributed by atoms with Gasteiger partial charge in [-0.1, -0.05) is 6.07 Å². The number of aliphatic hydroxyl groups is 1. The van der Waals surface area contributed by atoms with Crippen molar-refractivity contribution in [2.45, 2.75) is 18.8 Å². The number of aliphatic hydroxyl groups excluding tert-OH is 1.